The average Bonchev–Trinajstić information content (AvgIpc) is 3.04. The monoisotopic (exact) mass is 589 g/mol. The third-order valence-electron chi connectivity index (χ3n) is 4.24. The van der Waals surface area contributed by atoms with Gasteiger partial charge in [-0.25, -0.2) is 0 Å². The Kier molecular flexibility index (Phi) is 42.6. The molecule has 0 unspecified atom stereocenters. The van der Waals surface area contributed by atoms with Crippen LogP contribution in [0.3, 0.4) is 0 Å². The van der Waals surface area contributed by atoms with E-state index in [-0.39, 0.29) is 16.2 Å². The molecule has 6 heteroatoms. The Morgan fingerprint density at radius 2 is 0.714 bits per heavy atom. The van der Waals surface area contributed by atoms with Crippen LogP contribution in [0.4, 0.5) is 0 Å². The number of nitrogens with zero attached hydrogens (tertiary/aromatic N) is 6. The second kappa shape index (κ2) is 34.4. The SMILES string of the molecule is CC.CC.CC.CC.CC.CC.CC(C)(C)c1cccnn1.CC(C)(C)c1ccnnc1.CC(C)(C)c1ccnnc1. The van der Waals surface area contributed by atoms with Gasteiger partial charge in [0, 0.05) is 24.0 Å². The summed E-state index contributed by atoms with van der Waals surface area (Å²) in [5.74, 6) is 0. The fraction of sp³-hybridized carbons (Fsp3) is 0.667. The Morgan fingerprint density at radius 1 is 0.381 bits per heavy atom. The van der Waals surface area contributed by atoms with Gasteiger partial charge in [0.05, 0.1) is 18.1 Å². The van der Waals surface area contributed by atoms with Crippen LogP contribution in [0.2, 0.25) is 0 Å². The Hall–Kier alpha value is -2.76. The van der Waals surface area contributed by atoms with Gasteiger partial charge >= 0.3 is 0 Å². The molecule has 3 heterocycles. The molecule has 0 atom stereocenters. The molecule has 42 heavy (non-hydrogen) atoms. The number of rotatable bonds is 0. The normalized spacial score (nSPS) is 9.07. The Balaban J connectivity index is -0.0000000979. The molecule has 3 rings (SSSR count). The van der Waals surface area contributed by atoms with E-state index in [1.807, 2.05) is 107 Å². The lowest BCUT2D eigenvalue weighted by atomic mass is 9.89. The van der Waals surface area contributed by atoms with Gasteiger partial charge in [-0.05, 0) is 46.2 Å². The van der Waals surface area contributed by atoms with Crippen LogP contribution >= 0.6 is 0 Å². The highest BCUT2D eigenvalue weighted by atomic mass is 15.1. The molecule has 0 aromatic carbocycles. The van der Waals surface area contributed by atoms with Gasteiger partial charge in [0.25, 0.3) is 0 Å². The minimum absolute atomic E-state index is 0.119. The summed E-state index contributed by atoms with van der Waals surface area (Å²) in [6, 6.07) is 7.89. The van der Waals surface area contributed by atoms with Gasteiger partial charge in [-0.1, -0.05) is 145 Å². The minimum Gasteiger partial charge on any atom is -0.159 e. The molecule has 246 valence electrons. The zero-order valence-corrected chi connectivity index (χ0v) is 31.9. The van der Waals surface area contributed by atoms with Crippen molar-refractivity contribution in [1.29, 1.82) is 0 Å². The van der Waals surface area contributed by atoms with E-state index in [2.05, 4.69) is 92.9 Å². The van der Waals surface area contributed by atoms with Crippen molar-refractivity contribution < 1.29 is 0 Å². The van der Waals surface area contributed by atoms with Crippen molar-refractivity contribution in [3.8, 4) is 0 Å². The van der Waals surface area contributed by atoms with Gasteiger partial charge in [0.15, 0.2) is 0 Å². The molecule has 3 aromatic rings. The maximum Gasteiger partial charge on any atom is 0.0684 e. The van der Waals surface area contributed by atoms with E-state index >= 15 is 0 Å². The first-order valence-electron chi connectivity index (χ1n) is 16.1. The molecule has 0 radical (unpaired) electrons. The first-order valence-corrected chi connectivity index (χ1v) is 16.1. The minimum atomic E-state index is 0.119. The molecular weight excluding hydrogens is 516 g/mol. The van der Waals surface area contributed by atoms with E-state index in [4.69, 9.17) is 0 Å². The third-order valence-corrected chi connectivity index (χ3v) is 4.24. The Labute approximate surface area is 264 Å². The predicted molar refractivity (Wildman–Crippen MR) is 190 cm³/mol. The summed E-state index contributed by atoms with van der Waals surface area (Å²) in [4.78, 5) is 0. The zero-order chi connectivity index (χ0) is 34.8. The van der Waals surface area contributed by atoms with Crippen LogP contribution in [0.1, 0.15) is 162 Å². The molecule has 6 nitrogen and oxygen atoms in total. The maximum absolute atomic E-state index is 4.00. The van der Waals surface area contributed by atoms with Crippen molar-refractivity contribution in [1.82, 2.24) is 30.6 Å². The summed E-state index contributed by atoms with van der Waals surface area (Å²) in [5.41, 5.74) is 3.99. The third kappa shape index (κ3) is 31.8. The number of hydrogen-bond donors (Lipinski definition) is 0. The van der Waals surface area contributed by atoms with Crippen molar-refractivity contribution >= 4 is 0 Å². The van der Waals surface area contributed by atoms with E-state index in [1.54, 1.807) is 31.0 Å². The number of hydrogen-bond acceptors (Lipinski definition) is 6. The molecule has 0 saturated heterocycles. The van der Waals surface area contributed by atoms with Crippen molar-refractivity contribution in [3.63, 3.8) is 0 Å². The van der Waals surface area contributed by atoms with Crippen LogP contribution < -0.4 is 0 Å². The standard InChI is InChI=1S/3C8H12N2.6C2H6/c2*1-8(2,3)7-4-5-9-10-6-7;1-8(2,3)7-5-4-6-9-10-7;6*1-2/h3*4-6H,1-3H3;6*1-2H3. The summed E-state index contributed by atoms with van der Waals surface area (Å²) >= 11 is 0. The molecule has 0 aliphatic heterocycles. The lowest BCUT2D eigenvalue weighted by molar-refractivity contribution is 0.558. The van der Waals surface area contributed by atoms with Crippen LogP contribution in [-0.2, 0) is 16.2 Å². The van der Waals surface area contributed by atoms with Gasteiger partial charge in [-0.15, -0.1) is 0 Å². The highest BCUT2D eigenvalue weighted by Crippen LogP contribution is 2.20. The lowest BCUT2D eigenvalue weighted by Gasteiger charge is -2.16. The van der Waals surface area contributed by atoms with Gasteiger partial charge in [-0.3, -0.25) is 0 Å². The van der Waals surface area contributed by atoms with Crippen molar-refractivity contribution in [2.75, 3.05) is 0 Å². The van der Waals surface area contributed by atoms with Gasteiger partial charge in [0.1, 0.15) is 0 Å². The largest absolute Gasteiger partial charge is 0.159 e. The van der Waals surface area contributed by atoms with E-state index in [0.29, 0.717) is 0 Å². The fourth-order valence-electron chi connectivity index (χ4n) is 2.17. The first kappa shape index (κ1) is 51.9. The number of aromatic nitrogens is 6. The van der Waals surface area contributed by atoms with Gasteiger partial charge < -0.3 is 0 Å². The molecule has 0 fully saturated rings. The summed E-state index contributed by atoms with van der Waals surface area (Å²) < 4.78 is 0. The zero-order valence-electron chi connectivity index (χ0n) is 31.9. The second-order valence-electron chi connectivity index (χ2n) is 10.1. The lowest BCUT2D eigenvalue weighted by Crippen LogP contribution is -2.13. The molecule has 0 spiro atoms. The molecule has 0 aliphatic carbocycles. The second-order valence-corrected chi connectivity index (χ2v) is 10.1. The van der Waals surface area contributed by atoms with E-state index in [9.17, 15) is 0 Å². The van der Waals surface area contributed by atoms with E-state index in [0.717, 1.165) is 5.69 Å². The Morgan fingerprint density at radius 3 is 0.857 bits per heavy atom. The van der Waals surface area contributed by atoms with Crippen LogP contribution in [-0.4, -0.2) is 30.6 Å². The summed E-state index contributed by atoms with van der Waals surface area (Å²) in [6.45, 7) is 43.3. The fourth-order valence-corrected chi connectivity index (χ4v) is 2.17. The average molecular weight is 589 g/mol. The van der Waals surface area contributed by atoms with Crippen LogP contribution in [0, 0.1) is 0 Å². The van der Waals surface area contributed by atoms with Gasteiger partial charge in [0.2, 0.25) is 0 Å². The molecular formula is C36H72N6. The molecule has 0 N–H and O–H groups in total. The molecule has 0 aliphatic rings. The van der Waals surface area contributed by atoms with Crippen LogP contribution in [0.25, 0.3) is 0 Å². The maximum atomic E-state index is 4.00. The molecule has 0 amide bonds. The van der Waals surface area contributed by atoms with E-state index < -0.39 is 0 Å². The molecule has 0 bridgehead atoms. The quantitative estimate of drug-likeness (QED) is 0.260. The van der Waals surface area contributed by atoms with Gasteiger partial charge in [-0.2, -0.15) is 30.6 Å². The van der Waals surface area contributed by atoms with E-state index in [1.165, 1.54) is 11.1 Å². The van der Waals surface area contributed by atoms with Crippen molar-refractivity contribution in [3.05, 3.63) is 72.1 Å². The van der Waals surface area contributed by atoms with Crippen LogP contribution in [0.5, 0.6) is 0 Å². The summed E-state index contributed by atoms with van der Waals surface area (Å²) in [5, 5.41) is 22.8. The topological polar surface area (TPSA) is 77.3 Å². The first-order chi connectivity index (χ1) is 19.8. The van der Waals surface area contributed by atoms with Crippen molar-refractivity contribution in [2.24, 2.45) is 0 Å². The summed E-state index contributed by atoms with van der Waals surface area (Å²) in [6.07, 6.45) is 8.75. The highest BCUT2D eigenvalue weighted by Gasteiger charge is 2.14. The summed E-state index contributed by atoms with van der Waals surface area (Å²) in [7, 11) is 0. The Bertz CT molecular complexity index is 716. The van der Waals surface area contributed by atoms with Crippen LogP contribution in [0.15, 0.2) is 55.2 Å². The predicted octanol–water partition coefficient (Wildman–Crippen LogP) is 11.5. The molecule has 0 saturated carbocycles. The smallest absolute Gasteiger partial charge is 0.0684 e. The molecule has 3 aromatic heterocycles. The highest BCUT2D eigenvalue weighted by molar-refractivity contribution is 5.16. The van der Waals surface area contributed by atoms with Crippen molar-refractivity contribution in [2.45, 2.75) is 162 Å².